The molecule has 0 aromatic rings. The van der Waals surface area contributed by atoms with Gasteiger partial charge in [0.05, 0.1) is 0 Å². The molecule has 0 spiro atoms. The molecular weight excluding hydrogens is 354 g/mol. The van der Waals surface area contributed by atoms with Gasteiger partial charge >= 0.3 is 117 Å². The van der Waals surface area contributed by atoms with E-state index >= 15 is 0 Å². The van der Waals surface area contributed by atoms with Gasteiger partial charge in [-0.2, -0.15) is 0 Å². The third-order valence-electron chi connectivity index (χ3n) is 3.84. The summed E-state index contributed by atoms with van der Waals surface area (Å²) in [5.74, 6) is 0.659. The number of rotatable bonds is 2. The SMILES string of the molecule is C[C](C)=[Zr+2][C]1=C(C)C(C)=C(C)C1C1=CC=CC1.[Cl-].[Cl-]. The van der Waals surface area contributed by atoms with Gasteiger partial charge in [-0.25, -0.2) is 0 Å². The molecule has 0 fully saturated rings. The van der Waals surface area contributed by atoms with E-state index in [2.05, 4.69) is 52.8 Å². The van der Waals surface area contributed by atoms with Crippen molar-refractivity contribution in [3.63, 3.8) is 0 Å². The third-order valence-corrected chi connectivity index (χ3v) is 7.36. The molecule has 2 aliphatic rings. The Labute approximate surface area is 141 Å². The molecule has 0 aromatic carbocycles. The predicted molar refractivity (Wildman–Crippen MR) is 72.8 cm³/mol. The topological polar surface area (TPSA) is 0 Å². The van der Waals surface area contributed by atoms with Crippen molar-refractivity contribution in [2.45, 2.75) is 41.0 Å². The standard InChI is InChI=1S/C13H15.C3H6.2ClH.Zr/c1-9-8-13(11(3)10(9)2)12-6-4-5-7-12;1-3-2;;;/h4-6,13H,7H2,1-3H3;1-2H3;2*1H;/q;;;;+2/p-2. The Hall–Kier alpha value is 0.293. The second-order valence-corrected chi connectivity index (χ2v) is 9.68. The quantitative estimate of drug-likeness (QED) is 0.546. The molecule has 0 bridgehead atoms. The number of hydrogen-bond donors (Lipinski definition) is 0. The van der Waals surface area contributed by atoms with Crippen LogP contribution < -0.4 is 24.8 Å². The first kappa shape index (κ1) is 19.3. The molecule has 0 saturated carbocycles. The minimum atomic E-state index is -0.484. The fraction of sp³-hybridized carbons (Fsp3) is 0.438. The van der Waals surface area contributed by atoms with Crippen LogP contribution >= 0.6 is 0 Å². The summed E-state index contributed by atoms with van der Waals surface area (Å²) in [6.45, 7) is 11.6. The van der Waals surface area contributed by atoms with Crippen LogP contribution in [-0.4, -0.2) is 3.21 Å². The Kier molecular flexibility index (Phi) is 8.04. The zero-order valence-electron chi connectivity index (χ0n) is 12.3. The molecule has 0 aromatic heterocycles. The normalized spacial score (nSPS) is 20.9. The van der Waals surface area contributed by atoms with E-state index in [0.717, 1.165) is 6.42 Å². The molecule has 2 rings (SSSR count). The van der Waals surface area contributed by atoms with Crippen molar-refractivity contribution in [1.82, 2.24) is 0 Å². The van der Waals surface area contributed by atoms with Crippen molar-refractivity contribution in [2.75, 3.05) is 0 Å². The van der Waals surface area contributed by atoms with E-state index in [0.29, 0.717) is 5.92 Å². The summed E-state index contributed by atoms with van der Waals surface area (Å²) in [6, 6.07) is 0. The van der Waals surface area contributed by atoms with E-state index in [1.54, 1.807) is 28.8 Å². The van der Waals surface area contributed by atoms with Gasteiger partial charge < -0.3 is 24.8 Å². The van der Waals surface area contributed by atoms with Crippen molar-refractivity contribution in [1.29, 1.82) is 0 Å². The Balaban J connectivity index is 0.00000162. The molecule has 0 N–H and O–H groups in total. The maximum absolute atomic E-state index is 2.34. The molecule has 3 heteroatoms. The fourth-order valence-corrected chi connectivity index (χ4v) is 6.31. The van der Waals surface area contributed by atoms with Gasteiger partial charge in [-0.15, -0.1) is 0 Å². The van der Waals surface area contributed by atoms with Gasteiger partial charge in [0.2, 0.25) is 0 Å². The molecule has 0 radical (unpaired) electrons. The first-order valence-electron chi connectivity index (χ1n) is 6.33. The van der Waals surface area contributed by atoms with E-state index in [1.165, 1.54) is 0 Å². The largest absolute Gasteiger partial charge is 1.00 e. The molecule has 0 nitrogen and oxygen atoms in total. The Bertz CT molecular complexity index is 501. The van der Waals surface area contributed by atoms with Crippen molar-refractivity contribution >= 4 is 3.21 Å². The minimum absolute atomic E-state index is 0. The van der Waals surface area contributed by atoms with E-state index < -0.39 is 22.8 Å². The number of hydrogen-bond acceptors (Lipinski definition) is 0. The molecule has 19 heavy (non-hydrogen) atoms. The van der Waals surface area contributed by atoms with Crippen LogP contribution in [0.15, 0.2) is 43.8 Å². The summed E-state index contributed by atoms with van der Waals surface area (Å²) in [5.41, 5.74) is 6.39. The summed E-state index contributed by atoms with van der Waals surface area (Å²) in [4.78, 5) is 0. The Morgan fingerprint density at radius 3 is 2.21 bits per heavy atom. The summed E-state index contributed by atoms with van der Waals surface area (Å²) < 4.78 is 3.49. The summed E-state index contributed by atoms with van der Waals surface area (Å²) in [5, 5.41) is 0. The second-order valence-electron chi connectivity index (χ2n) is 5.28. The van der Waals surface area contributed by atoms with Gasteiger partial charge in [-0.05, 0) is 0 Å². The van der Waals surface area contributed by atoms with Crippen LogP contribution in [0, 0.1) is 5.92 Å². The molecule has 0 heterocycles. The average molecular weight is 375 g/mol. The van der Waals surface area contributed by atoms with Crippen molar-refractivity contribution in [2.24, 2.45) is 5.92 Å². The van der Waals surface area contributed by atoms with Crippen molar-refractivity contribution in [3.05, 3.63) is 43.8 Å². The monoisotopic (exact) mass is 373 g/mol. The molecule has 0 amide bonds. The first-order chi connectivity index (χ1) is 8.02. The summed E-state index contributed by atoms with van der Waals surface area (Å²) in [6.07, 6.45) is 8.01. The van der Waals surface area contributed by atoms with E-state index in [-0.39, 0.29) is 24.8 Å². The van der Waals surface area contributed by atoms with Gasteiger partial charge in [0, 0.05) is 0 Å². The average Bonchev–Trinajstić information content (AvgIpc) is 2.84. The van der Waals surface area contributed by atoms with Gasteiger partial charge in [-0.3, -0.25) is 0 Å². The van der Waals surface area contributed by atoms with E-state index in [1.807, 2.05) is 0 Å². The zero-order chi connectivity index (χ0) is 12.6. The minimum Gasteiger partial charge on any atom is -1.00 e. The van der Waals surface area contributed by atoms with Crippen molar-refractivity contribution in [3.8, 4) is 0 Å². The van der Waals surface area contributed by atoms with Gasteiger partial charge in [0.25, 0.3) is 0 Å². The molecule has 0 aliphatic heterocycles. The van der Waals surface area contributed by atoms with Crippen LogP contribution in [0.1, 0.15) is 41.0 Å². The van der Waals surface area contributed by atoms with Crippen molar-refractivity contribution < 1.29 is 47.6 Å². The molecule has 1 unspecified atom stereocenters. The Morgan fingerprint density at radius 2 is 1.74 bits per heavy atom. The van der Waals surface area contributed by atoms with Gasteiger partial charge in [-0.1, -0.05) is 0 Å². The van der Waals surface area contributed by atoms with Gasteiger partial charge in [0.1, 0.15) is 0 Å². The zero-order valence-corrected chi connectivity index (χ0v) is 16.2. The van der Waals surface area contributed by atoms with Crippen LogP contribution in [0.3, 0.4) is 0 Å². The van der Waals surface area contributed by atoms with Crippen LogP contribution in [0.5, 0.6) is 0 Å². The first-order valence-corrected chi connectivity index (χ1v) is 8.79. The molecule has 103 valence electrons. The van der Waals surface area contributed by atoms with Crippen LogP contribution in [0.25, 0.3) is 0 Å². The van der Waals surface area contributed by atoms with Crippen LogP contribution in [-0.2, 0) is 22.8 Å². The smallest absolute Gasteiger partial charge is 1.00 e. The summed E-state index contributed by atoms with van der Waals surface area (Å²) in [7, 11) is 0. The van der Waals surface area contributed by atoms with Crippen LogP contribution in [0.4, 0.5) is 0 Å². The number of allylic oxidation sites excluding steroid dienone is 8. The molecule has 2 aliphatic carbocycles. The van der Waals surface area contributed by atoms with Crippen LogP contribution in [0.2, 0.25) is 0 Å². The third kappa shape index (κ3) is 3.90. The predicted octanol–water partition coefficient (Wildman–Crippen LogP) is -1.58. The second kappa shape index (κ2) is 7.91. The molecular formula is C16H21Cl2Zr. The molecule has 0 saturated heterocycles. The van der Waals surface area contributed by atoms with Gasteiger partial charge in [0.15, 0.2) is 0 Å². The van der Waals surface area contributed by atoms with E-state index in [9.17, 15) is 0 Å². The van der Waals surface area contributed by atoms with E-state index in [4.69, 9.17) is 0 Å². The fourth-order valence-electron chi connectivity index (χ4n) is 2.72. The maximum atomic E-state index is 2.34. The maximum Gasteiger partial charge on any atom is -1.00 e. The number of halogens is 2. The Morgan fingerprint density at radius 1 is 1.11 bits per heavy atom. The molecule has 1 atom stereocenters. The summed E-state index contributed by atoms with van der Waals surface area (Å²) >= 11 is -0.484.